The van der Waals surface area contributed by atoms with Crippen molar-refractivity contribution in [3.8, 4) is 0 Å². The Hall–Kier alpha value is -1.57. The summed E-state index contributed by atoms with van der Waals surface area (Å²) in [5.41, 5.74) is -0.276. The van der Waals surface area contributed by atoms with Gasteiger partial charge in [-0.2, -0.15) is 0 Å². The Bertz CT molecular complexity index is 453. The van der Waals surface area contributed by atoms with Gasteiger partial charge < -0.3 is 15.3 Å². The summed E-state index contributed by atoms with van der Waals surface area (Å²) in [6.45, 7) is 0.934. The predicted octanol–water partition coefficient (Wildman–Crippen LogP) is 0.422. The molecule has 5 nitrogen and oxygen atoms in total. The molecule has 19 heavy (non-hydrogen) atoms. The molecule has 1 rings (SSSR count). The minimum Gasteiger partial charge on any atom is -0.480 e. The Morgan fingerprint density at radius 3 is 2.53 bits per heavy atom. The third kappa shape index (κ3) is 4.23. The summed E-state index contributed by atoms with van der Waals surface area (Å²) < 4.78 is 26.3. The maximum atomic E-state index is 13.3. The number of rotatable bonds is 6. The van der Waals surface area contributed by atoms with Crippen LogP contribution in [0.15, 0.2) is 18.2 Å². The van der Waals surface area contributed by atoms with Crippen molar-refractivity contribution in [2.24, 2.45) is 0 Å². The van der Waals surface area contributed by atoms with Crippen molar-refractivity contribution in [1.29, 1.82) is 0 Å². The van der Waals surface area contributed by atoms with Crippen LogP contribution in [-0.4, -0.2) is 40.0 Å². The first-order valence-corrected chi connectivity index (χ1v) is 5.60. The summed E-state index contributed by atoms with van der Waals surface area (Å²) in [4.78, 5) is 10.8. The van der Waals surface area contributed by atoms with Crippen LogP contribution in [0, 0.1) is 11.6 Å². The second-order valence-electron chi connectivity index (χ2n) is 4.15. The van der Waals surface area contributed by atoms with Crippen LogP contribution in [0.5, 0.6) is 0 Å². The van der Waals surface area contributed by atoms with Gasteiger partial charge in [0, 0.05) is 12.1 Å². The van der Waals surface area contributed by atoms with Gasteiger partial charge in [-0.15, -0.1) is 0 Å². The minimum atomic E-state index is -1.42. The van der Waals surface area contributed by atoms with Gasteiger partial charge in [-0.1, -0.05) is 0 Å². The van der Waals surface area contributed by atoms with Crippen molar-refractivity contribution in [1.82, 2.24) is 5.32 Å². The highest BCUT2D eigenvalue weighted by molar-refractivity contribution is 5.74. The number of carboxylic acid groups (broad SMARTS) is 1. The van der Waals surface area contributed by atoms with E-state index in [-0.39, 0.29) is 12.1 Å². The summed E-state index contributed by atoms with van der Waals surface area (Å²) >= 11 is 0. The highest BCUT2D eigenvalue weighted by Crippen LogP contribution is 2.17. The standard InChI is InChI=1S/C12H15F2NO4/c1-6(16)11(12(18)19)15-5-10(17)8-4-7(13)2-3-9(8)14/h2-4,6,10-11,15-17H,5H2,1H3,(H,18,19). The number of benzene rings is 1. The van der Waals surface area contributed by atoms with E-state index in [1.54, 1.807) is 0 Å². The lowest BCUT2D eigenvalue weighted by molar-refractivity contribution is -0.142. The number of halogens is 2. The monoisotopic (exact) mass is 275 g/mol. The summed E-state index contributed by atoms with van der Waals surface area (Å²) in [5, 5.41) is 30.1. The second-order valence-corrected chi connectivity index (χ2v) is 4.15. The molecule has 4 N–H and O–H groups in total. The molecular formula is C12H15F2NO4. The van der Waals surface area contributed by atoms with Crippen molar-refractivity contribution < 1.29 is 28.9 Å². The Kier molecular flexibility index (Phi) is 5.34. The summed E-state index contributed by atoms with van der Waals surface area (Å²) in [6, 6.07) is 1.32. The fourth-order valence-corrected chi connectivity index (χ4v) is 1.58. The zero-order valence-corrected chi connectivity index (χ0v) is 10.2. The molecule has 0 heterocycles. The highest BCUT2D eigenvalue weighted by atomic mass is 19.1. The van der Waals surface area contributed by atoms with Crippen LogP contribution < -0.4 is 5.32 Å². The first-order valence-electron chi connectivity index (χ1n) is 5.60. The topological polar surface area (TPSA) is 89.8 Å². The normalized spacial score (nSPS) is 15.8. The summed E-state index contributed by atoms with van der Waals surface area (Å²) in [6.07, 6.45) is -2.61. The SMILES string of the molecule is CC(O)C(NCC(O)c1cc(F)ccc1F)C(=O)O. The van der Waals surface area contributed by atoms with E-state index in [1.807, 2.05) is 0 Å². The molecule has 106 valence electrons. The van der Waals surface area contributed by atoms with E-state index < -0.39 is 35.9 Å². The second kappa shape index (κ2) is 6.55. The smallest absolute Gasteiger partial charge is 0.323 e. The van der Waals surface area contributed by atoms with Crippen LogP contribution in [0.3, 0.4) is 0 Å². The van der Waals surface area contributed by atoms with Crippen LogP contribution in [0.1, 0.15) is 18.6 Å². The Balaban J connectivity index is 2.71. The van der Waals surface area contributed by atoms with Crippen molar-refractivity contribution in [3.05, 3.63) is 35.4 Å². The van der Waals surface area contributed by atoms with Crippen LogP contribution >= 0.6 is 0 Å². The summed E-state index contributed by atoms with van der Waals surface area (Å²) in [5.74, 6) is -2.80. The Morgan fingerprint density at radius 2 is 2.00 bits per heavy atom. The number of hydrogen-bond acceptors (Lipinski definition) is 4. The average molecular weight is 275 g/mol. The van der Waals surface area contributed by atoms with Gasteiger partial charge in [0.2, 0.25) is 0 Å². The lowest BCUT2D eigenvalue weighted by atomic mass is 10.1. The van der Waals surface area contributed by atoms with E-state index in [4.69, 9.17) is 5.11 Å². The first-order chi connectivity index (χ1) is 8.82. The molecule has 1 aromatic carbocycles. The molecule has 0 aromatic heterocycles. The quantitative estimate of drug-likeness (QED) is 0.604. The number of nitrogens with one attached hydrogen (secondary N) is 1. The number of aliphatic carboxylic acids is 1. The van der Waals surface area contributed by atoms with Gasteiger partial charge in [-0.25, -0.2) is 8.78 Å². The fourth-order valence-electron chi connectivity index (χ4n) is 1.58. The third-order valence-corrected chi connectivity index (χ3v) is 2.60. The van der Waals surface area contributed by atoms with Crippen LogP contribution in [0.2, 0.25) is 0 Å². The molecule has 0 aliphatic heterocycles. The van der Waals surface area contributed by atoms with Crippen molar-refractivity contribution in [2.45, 2.75) is 25.2 Å². The fraction of sp³-hybridized carbons (Fsp3) is 0.417. The molecule has 0 fully saturated rings. The number of aliphatic hydroxyl groups excluding tert-OH is 2. The zero-order valence-electron chi connectivity index (χ0n) is 10.2. The lowest BCUT2D eigenvalue weighted by Crippen LogP contribution is -2.46. The van der Waals surface area contributed by atoms with E-state index >= 15 is 0 Å². The van der Waals surface area contributed by atoms with Gasteiger partial charge in [-0.3, -0.25) is 10.1 Å². The molecular weight excluding hydrogens is 260 g/mol. The number of carbonyl (C=O) groups is 1. The van der Waals surface area contributed by atoms with E-state index in [2.05, 4.69) is 5.32 Å². The van der Waals surface area contributed by atoms with Crippen LogP contribution in [-0.2, 0) is 4.79 Å². The number of carboxylic acids is 1. The van der Waals surface area contributed by atoms with Crippen molar-refractivity contribution in [2.75, 3.05) is 6.54 Å². The molecule has 0 saturated heterocycles. The van der Waals surface area contributed by atoms with Crippen molar-refractivity contribution in [3.63, 3.8) is 0 Å². The average Bonchev–Trinajstić information content (AvgIpc) is 2.31. The molecule has 0 spiro atoms. The maximum absolute atomic E-state index is 13.3. The first kappa shape index (κ1) is 15.5. The molecule has 7 heteroatoms. The van der Waals surface area contributed by atoms with Gasteiger partial charge in [0.25, 0.3) is 0 Å². The zero-order chi connectivity index (χ0) is 14.6. The van der Waals surface area contributed by atoms with E-state index in [1.165, 1.54) is 6.92 Å². The number of aliphatic hydroxyl groups is 2. The Morgan fingerprint density at radius 1 is 1.37 bits per heavy atom. The van der Waals surface area contributed by atoms with Gasteiger partial charge in [0.05, 0.1) is 12.2 Å². The van der Waals surface area contributed by atoms with E-state index in [9.17, 15) is 23.8 Å². The summed E-state index contributed by atoms with van der Waals surface area (Å²) in [7, 11) is 0. The Labute approximate surface area is 108 Å². The van der Waals surface area contributed by atoms with Gasteiger partial charge in [-0.05, 0) is 25.1 Å². The molecule has 0 bridgehead atoms. The van der Waals surface area contributed by atoms with Crippen LogP contribution in [0.25, 0.3) is 0 Å². The number of hydrogen-bond donors (Lipinski definition) is 4. The molecule has 0 aliphatic carbocycles. The lowest BCUT2D eigenvalue weighted by Gasteiger charge is -2.19. The third-order valence-electron chi connectivity index (χ3n) is 2.60. The van der Waals surface area contributed by atoms with Gasteiger partial charge in [0.15, 0.2) is 0 Å². The minimum absolute atomic E-state index is 0.276. The molecule has 0 saturated carbocycles. The molecule has 0 aliphatic rings. The highest BCUT2D eigenvalue weighted by Gasteiger charge is 2.24. The molecule has 0 amide bonds. The maximum Gasteiger partial charge on any atom is 0.323 e. The predicted molar refractivity (Wildman–Crippen MR) is 62.4 cm³/mol. The largest absolute Gasteiger partial charge is 0.480 e. The molecule has 0 radical (unpaired) electrons. The molecule has 3 atom stereocenters. The van der Waals surface area contributed by atoms with Gasteiger partial charge in [0.1, 0.15) is 17.7 Å². The van der Waals surface area contributed by atoms with E-state index in [0.29, 0.717) is 0 Å². The molecule has 3 unspecified atom stereocenters. The van der Waals surface area contributed by atoms with Gasteiger partial charge >= 0.3 is 5.97 Å². The van der Waals surface area contributed by atoms with E-state index in [0.717, 1.165) is 18.2 Å². The van der Waals surface area contributed by atoms with Crippen molar-refractivity contribution >= 4 is 5.97 Å². The molecule has 1 aromatic rings. The van der Waals surface area contributed by atoms with Crippen LogP contribution in [0.4, 0.5) is 8.78 Å².